The summed E-state index contributed by atoms with van der Waals surface area (Å²) >= 11 is 0. The number of pyridine rings is 1. The molecule has 2 atom stereocenters. The van der Waals surface area contributed by atoms with Crippen molar-refractivity contribution in [3.05, 3.63) is 30.1 Å². The second-order valence-corrected chi connectivity index (χ2v) is 3.73. The van der Waals surface area contributed by atoms with Crippen molar-refractivity contribution in [2.45, 2.75) is 32.4 Å². The lowest BCUT2D eigenvalue weighted by molar-refractivity contribution is 0.159. The molecule has 0 aliphatic carbocycles. The molecule has 0 radical (unpaired) electrons. The Kier molecular flexibility index (Phi) is 5.29. The summed E-state index contributed by atoms with van der Waals surface area (Å²) in [5, 5.41) is 3.53. The van der Waals surface area contributed by atoms with Crippen molar-refractivity contribution < 1.29 is 4.74 Å². The normalized spacial score (nSPS) is 14.9. The summed E-state index contributed by atoms with van der Waals surface area (Å²) in [5.74, 6) is 0. The smallest absolute Gasteiger partial charge is 0.0615 e. The van der Waals surface area contributed by atoms with Crippen molar-refractivity contribution in [1.29, 1.82) is 0 Å². The van der Waals surface area contributed by atoms with Gasteiger partial charge in [-0.25, -0.2) is 0 Å². The molecule has 3 nitrogen and oxygen atoms in total. The summed E-state index contributed by atoms with van der Waals surface area (Å²) in [4.78, 5) is 4.01. The standard InChI is InChI=1S/C12H20N2O/c1-4-12(9-15-3)14-10(2)11-5-7-13-8-6-11/h5-8,10,12,14H,4,9H2,1-3H3. The second kappa shape index (κ2) is 6.53. The predicted molar refractivity (Wildman–Crippen MR) is 61.7 cm³/mol. The molecule has 15 heavy (non-hydrogen) atoms. The zero-order valence-corrected chi connectivity index (χ0v) is 9.73. The quantitative estimate of drug-likeness (QED) is 0.778. The van der Waals surface area contributed by atoms with Gasteiger partial charge in [-0.3, -0.25) is 4.98 Å². The van der Waals surface area contributed by atoms with E-state index in [1.807, 2.05) is 24.5 Å². The fourth-order valence-corrected chi connectivity index (χ4v) is 1.59. The summed E-state index contributed by atoms with van der Waals surface area (Å²) in [6, 6.07) is 4.83. The molecule has 84 valence electrons. The Hall–Kier alpha value is -0.930. The molecule has 0 bridgehead atoms. The van der Waals surface area contributed by atoms with Gasteiger partial charge in [0.05, 0.1) is 6.61 Å². The van der Waals surface area contributed by atoms with E-state index in [9.17, 15) is 0 Å². The molecule has 0 aliphatic heterocycles. The summed E-state index contributed by atoms with van der Waals surface area (Å²) in [6.07, 6.45) is 4.72. The maximum Gasteiger partial charge on any atom is 0.0615 e. The summed E-state index contributed by atoms with van der Waals surface area (Å²) in [7, 11) is 1.74. The average Bonchev–Trinajstić information content (AvgIpc) is 2.29. The van der Waals surface area contributed by atoms with Gasteiger partial charge in [0.1, 0.15) is 0 Å². The van der Waals surface area contributed by atoms with E-state index in [0.717, 1.165) is 13.0 Å². The van der Waals surface area contributed by atoms with E-state index in [4.69, 9.17) is 4.74 Å². The van der Waals surface area contributed by atoms with Gasteiger partial charge in [-0.05, 0) is 31.0 Å². The zero-order valence-electron chi connectivity index (χ0n) is 9.73. The third kappa shape index (κ3) is 3.98. The number of methoxy groups -OCH3 is 1. The minimum atomic E-state index is 0.341. The van der Waals surface area contributed by atoms with Crippen LogP contribution in [0.15, 0.2) is 24.5 Å². The van der Waals surface area contributed by atoms with Crippen LogP contribution in [0.1, 0.15) is 31.9 Å². The molecule has 2 unspecified atom stereocenters. The fraction of sp³-hybridized carbons (Fsp3) is 0.583. The van der Waals surface area contributed by atoms with Crippen molar-refractivity contribution >= 4 is 0 Å². The number of rotatable bonds is 6. The molecule has 0 saturated carbocycles. The third-order valence-electron chi connectivity index (χ3n) is 2.55. The molecular formula is C12H20N2O. The topological polar surface area (TPSA) is 34.1 Å². The number of nitrogens with zero attached hydrogens (tertiary/aromatic N) is 1. The molecule has 0 fully saturated rings. The van der Waals surface area contributed by atoms with E-state index in [1.165, 1.54) is 5.56 Å². The van der Waals surface area contributed by atoms with Gasteiger partial charge in [0.15, 0.2) is 0 Å². The summed E-state index contributed by atoms with van der Waals surface area (Å²) in [5.41, 5.74) is 1.26. The van der Waals surface area contributed by atoms with Crippen LogP contribution >= 0.6 is 0 Å². The lowest BCUT2D eigenvalue weighted by Crippen LogP contribution is -2.34. The Morgan fingerprint density at radius 2 is 2.07 bits per heavy atom. The molecule has 1 heterocycles. The average molecular weight is 208 g/mol. The molecule has 0 aliphatic rings. The van der Waals surface area contributed by atoms with Gasteiger partial charge in [-0.2, -0.15) is 0 Å². The van der Waals surface area contributed by atoms with Gasteiger partial charge in [-0.1, -0.05) is 6.92 Å². The van der Waals surface area contributed by atoms with E-state index in [-0.39, 0.29) is 0 Å². The SMILES string of the molecule is CCC(COC)NC(C)c1ccncc1. The van der Waals surface area contributed by atoms with Crippen LogP contribution in [0.5, 0.6) is 0 Å². The maximum atomic E-state index is 5.16. The molecule has 0 spiro atoms. The van der Waals surface area contributed by atoms with Crippen molar-refractivity contribution in [3.8, 4) is 0 Å². The molecule has 1 rings (SSSR count). The van der Waals surface area contributed by atoms with Gasteiger partial charge >= 0.3 is 0 Å². The minimum Gasteiger partial charge on any atom is -0.383 e. The van der Waals surface area contributed by atoms with Crippen LogP contribution in [0.3, 0.4) is 0 Å². The van der Waals surface area contributed by atoms with Crippen LogP contribution in [-0.2, 0) is 4.74 Å². The van der Waals surface area contributed by atoms with Crippen LogP contribution in [0, 0.1) is 0 Å². The fourth-order valence-electron chi connectivity index (χ4n) is 1.59. The van der Waals surface area contributed by atoms with Crippen molar-refractivity contribution in [3.63, 3.8) is 0 Å². The first-order valence-electron chi connectivity index (χ1n) is 5.42. The highest BCUT2D eigenvalue weighted by atomic mass is 16.5. The van der Waals surface area contributed by atoms with Crippen molar-refractivity contribution in [1.82, 2.24) is 10.3 Å². The Balaban J connectivity index is 2.50. The molecular weight excluding hydrogens is 188 g/mol. The number of hydrogen-bond acceptors (Lipinski definition) is 3. The number of nitrogens with one attached hydrogen (secondary N) is 1. The Morgan fingerprint density at radius 3 is 2.60 bits per heavy atom. The largest absolute Gasteiger partial charge is 0.383 e. The Labute approximate surface area is 91.9 Å². The first-order chi connectivity index (χ1) is 7.27. The number of aromatic nitrogens is 1. The van der Waals surface area contributed by atoms with E-state index in [0.29, 0.717) is 12.1 Å². The highest BCUT2D eigenvalue weighted by Crippen LogP contribution is 2.11. The lowest BCUT2D eigenvalue weighted by atomic mass is 10.1. The van der Waals surface area contributed by atoms with E-state index >= 15 is 0 Å². The van der Waals surface area contributed by atoms with E-state index < -0.39 is 0 Å². The van der Waals surface area contributed by atoms with E-state index in [2.05, 4.69) is 24.1 Å². The zero-order chi connectivity index (χ0) is 11.1. The van der Waals surface area contributed by atoms with Gasteiger partial charge in [0.2, 0.25) is 0 Å². The molecule has 0 aromatic carbocycles. The van der Waals surface area contributed by atoms with Crippen molar-refractivity contribution in [2.24, 2.45) is 0 Å². The molecule has 1 aromatic heterocycles. The Bertz CT molecular complexity index is 264. The third-order valence-corrected chi connectivity index (χ3v) is 2.55. The van der Waals surface area contributed by atoms with Crippen LogP contribution < -0.4 is 5.32 Å². The first kappa shape index (κ1) is 12.1. The highest BCUT2D eigenvalue weighted by Gasteiger charge is 2.10. The molecule has 1 aromatic rings. The van der Waals surface area contributed by atoms with Gasteiger partial charge in [-0.15, -0.1) is 0 Å². The van der Waals surface area contributed by atoms with Gasteiger partial charge in [0, 0.05) is 31.6 Å². The van der Waals surface area contributed by atoms with Crippen molar-refractivity contribution in [2.75, 3.05) is 13.7 Å². The van der Waals surface area contributed by atoms with Gasteiger partial charge in [0.25, 0.3) is 0 Å². The van der Waals surface area contributed by atoms with Crippen LogP contribution in [0.25, 0.3) is 0 Å². The summed E-state index contributed by atoms with van der Waals surface area (Å²) < 4.78 is 5.16. The first-order valence-corrected chi connectivity index (χ1v) is 5.42. The highest BCUT2D eigenvalue weighted by molar-refractivity contribution is 5.14. The minimum absolute atomic E-state index is 0.341. The lowest BCUT2D eigenvalue weighted by Gasteiger charge is -2.21. The predicted octanol–water partition coefficient (Wildman–Crippen LogP) is 2.16. The molecule has 0 saturated heterocycles. The monoisotopic (exact) mass is 208 g/mol. The number of ether oxygens (including phenoxy) is 1. The van der Waals surface area contributed by atoms with Crippen LogP contribution in [0.2, 0.25) is 0 Å². The maximum absolute atomic E-state index is 5.16. The second-order valence-electron chi connectivity index (χ2n) is 3.73. The van der Waals surface area contributed by atoms with Crippen LogP contribution in [0.4, 0.5) is 0 Å². The van der Waals surface area contributed by atoms with E-state index in [1.54, 1.807) is 7.11 Å². The molecule has 0 amide bonds. The summed E-state index contributed by atoms with van der Waals surface area (Å²) in [6.45, 7) is 5.08. The molecule has 3 heteroatoms. The van der Waals surface area contributed by atoms with Gasteiger partial charge < -0.3 is 10.1 Å². The van der Waals surface area contributed by atoms with Crippen LogP contribution in [-0.4, -0.2) is 24.7 Å². The Morgan fingerprint density at radius 1 is 1.40 bits per heavy atom. The molecule has 1 N–H and O–H groups in total. The number of hydrogen-bond donors (Lipinski definition) is 1.